The molecule has 166 valence electrons. The molecule has 3 heteroatoms. The van der Waals surface area contributed by atoms with Gasteiger partial charge in [0.25, 0.3) is 0 Å². The van der Waals surface area contributed by atoms with Crippen molar-refractivity contribution in [2.45, 2.75) is 71.6 Å². The number of rotatable bonds is 13. The fourth-order valence-corrected chi connectivity index (χ4v) is 3.36. The summed E-state index contributed by atoms with van der Waals surface area (Å²) in [6, 6.07) is 16.9. The molecule has 0 bridgehead atoms. The zero-order valence-electron chi connectivity index (χ0n) is 19.8. The maximum Gasteiger partial charge on any atom is 0.119 e. The van der Waals surface area contributed by atoms with Crippen LogP contribution in [0.25, 0.3) is 0 Å². The van der Waals surface area contributed by atoms with Crippen molar-refractivity contribution in [2.75, 3.05) is 26.4 Å². The fraction of sp³-hybridized carbons (Fsp3) is 0.556. The number of hydrogen-bond acceptors (Lipinski definition) is 3. The Morgan fingerprint density at radius 2 is 1.00 bits per heavy atom. The molecule has 0 aliphatic carbocycles. The Bertz CT molecular complexity index is 728. The molecule has 30 heavy (non-hydrogen) atoms. The fourth-order valence-electron chi connectivity index (χ4n) is 3.36. The molecule has 0 aromatic heterocycles. The van der Waals surface area contributed by atoms with Crippen molar-refractivity contribution in [1.82, 2.24) is 0 Å². The van der Waals surface area contributed by atoms with Gasteiger partial charge in [0.1, 0.15) is 24.7 Å². The first-order chi connectivity index (χ1) is 14.3. The Balaban J connectivity index is 1.63. The Morgan fingerprint density at radius 3 is 1.40 bits per heavy atom. The van der Waals surface area contributed by atoms with E-state index in [2.05, 4.69) is 77.9 Å². The smallest absolute Gasteiger partial charge is 0.119 e. The van der Waals surface area contributed by atoms with Gasteiger partial charge in [-0.3, -0.25) is 0 Å². The highest BCUT2D eigenvalue weighted by atomic mass is 16.5. The molecule has 2 aromatic rings. The molecule has 2 rings (SSSR count). The average Bonchev–Trinajstić information content (AvgIpc) is 2.78. The molecule has 0 aliphatic heterocycles. The minimum absolute atomic E-state index is 0.202. The minimum atomic E-state index is 0.202. The van der Waals surface area contributed by atoms with Crippen molar-refractivity contribution in [3.05, 3.63) is 59.7 Å². The van der Waals surface area contributed by atoms with E-state index in [4.69, 9.17) is 14.2 Å². The lowest BCUT2D eigenvalue weighted by atomic mass is 9.78. The molecular formula is C27H40O3. The van der Waals surface area contributed by atoms with Crippen LogP contribution < -0.4 is 9.47 Å². The van der Waals surface area contributed by atoms with Gasteiger partial charge in [-0.1, -0.05) is 65.8 Å². The van der Waals surface area contributed by atoms with E-state index in [1.807, 2.05) is 12.1 Å². The van der Waals surface area contributed by atoms with Crippen LogP contribution in [-0.2, 0) is 15.6 Å². The van der Waals surface area contributed by atoms with Gasteiger partial charge in [-0.05, 0) is 65.5 Å². The molecule has 0 fully saturated rings. The maximum absolute atomic E-state index is 5.80. The van der Waals surface area contributed by atoms with Crippen LogP contribution in [0, 0.1) is 0 Å². The van der Waals surface area contributed by atoms with Crippen LogP contribution in [0.1, 0.15) is 71.9 Å². The second kappa shape index (κ2) is 11.4. The largest absolute Gasteiger partial charge is 0.491 e. The highest BCUT2D eigenvalue weighted by molar-refractivity contribution is 5.32. The van der Waals surface area contributed by atoms with Gasteiger partial charge in [-0.15, -0.1) is 0 Å². The first-order valence-electron chi connectivity index (χ1n) is 11.4. The van der Waals surface area contributed by atoms with E-state index in [0.717, 1.165) is 30.8 Å². The van der Waals surface area contributed by atoms with Crippen molar-refractivity contribution in [1.29, 1.82) is 0 Å². The van der Waals surface area contributed by atoms with E-state index < -0.39 is 0 Å². The summed E-state index contributed by atoms with van der Waals surface area (Å²) in [5.74, 6) is 1.78. The summed E-state index contributed by atoms with van der Waals surface area (Å²) in [4.78, 5) is 0. The van der Waals surface area contributed by atoms with Crippen molar-refractivity contribution in [3.8, 4) is 11.5 Å². The third-order valence-corrected chi connectivity index (χ3v) is 6.62. The van der Waals surface area contributed by atoms with Crippen LogP contribution >= 0.6 is 0 Å². The van der Waals surface area contributed by atoms with Crippen LogP contribution in [-0.4, -0.2) is 26.4 Å². The summed E-state index contributed by atoms with van der Waals surface area (Å²) < 4.78 is 17.2. The summed E-state index contributed by atoms with van der Waals surface area (Å²) in [7, 11) is 0. The van der Waals surface area contributed by atoms with Gasteiger partial charge < -0.3 is 14.2 Å². The SMILES string of the molecule is CCC(C)(C)c1ccc(OCCOCCOc2ccc(C(C)(CC)CC)cc2)cc1. The van der Waals surface area contributed by atoms with Gasteiger partial charge in [0, 0.05) is 0 Å². The molecule has 0 atom stereocenters. The van der Waals surface area contributed by atoms with E-state index in [0.29, 0.717) is 26.4 Å². The number of ether oxygens (including phenoxy) is 3. The molecule has 0 unspecified atom stereocenters. The molecule has 0 spiro atoms. The van der Waals surface area contributed by atoms with Crippen LogP contribution in [0.2, 0.25) is 0 Å². The molecule has 3 nitrogen and oxygen atoms in total. The van der Waals surface area contributed by atoms with Crippen molar-refractivity contribution >= 4 is 0 Å². The van der Waals surface area contributed by atoms with Gasteiger partial charge in [-0.2, -0.15) is 0 Å². The standard InChI is InChI=1S/C27H40O3/c1-7-26(4,5)22-10-14-24(15-11-22)29-20-18-28-19-21-30-25-16-12-23(13-17-25)27(6,8-2)9-3/h10-17H,7-9,18-21H2,1-6H3. The molecule has 0 saturated carbocycles. The lowest BCUT2D eigenvalue weighted by Crippen LogP contribution is -2.19. The Labute approximate surface area is 183 Å². The van der Waals surface area contributed by atoms with E-state index in [1.54, 1.807) is 0 Å². The molecule has 0 N–H and O–H groups in total. The van der Waals surface area contributed by atoms with Gasteiger partial charge in [0.2, 0.25) is 0 Å². The van der Waals surface area contributed by atoms with E-state index in [1.165, 1.54) is 11.1 Å². The second-order valence-electron chi connectivity index (χ2n) is 8.86. The van der Waals surface area contributed by atoms with Crippen LogP contribution in [0.3, 0.4) is 0 Å². The molecule has 0 saturated heterocycles. The zero-order chi connectivity index (χ0) is 22.0. The van der Waals surface area contributed by atoms with Gasteiger partial charge in [0.05, 0.1) is 13.2 Å². The Hall–Kier alpha value is -2.00. The highest BCUT2D eigenvalue weighted by Gasteiger charge is 2.21. The van der Waals surface area contributed by atoms with Crippen LogP contribution in [0.15, 0.2) is 48.5 Å². The molecule has 2 aromatic carbocycles. The Morgan fingerprint density at radius 1 is 0.567 bits per heavy atom. The zero-order valence-corrected chi connectivity index (χ0v) is 19.8. The van der Waals surface area contributed by atoms with E-state index >= 15 is 0 Å². The average molecular weight is 413 g/mol. The molecule has 0 amide bonds. The summed E-state index contributed by atoms with van der Waals surface area (Å²) in [5.41, 5.74) is 3.16. The molecule has 0 radical (unpaired) electrons. The predicted molar refractivity (Wildman–Crippen MR) is 126 cm³/mol. The van der Waals surface area contributed by atoms with Crippen LogP contribution in [0.5, 0.6) is 11.5 Å². The third-order valence-electron chi connectivity index (χ3n) is 6.62. The van der Waals surface area contributed by atoms with Gasteiger partial charge in [-0.25, -0.2) is 0 Å². The number of hydrogen-bond donors (Lipinski definition) is 0. The first-order valence-corrected chi connectivity index (χ1v) is 11.4. The van der Waals surface area contributed by atoms with Crippen molar-refractivity contribution in [3.63, 3.8) is 0 Å². The second-order valence-corrected chi connectivity index (χ2v) is 8.86. The summed E-state index contributed by atoms with van der Waals surface area (Å²) in [6.07, 6.45) is 3.39. The lowest BCUT2D eigenvalue weighted by Gasteiger charge is -2.27. The minimum Gasteiger partial charge on any atom is -0.491 e. The highest BCUT2D eigenvalue weighted by Crippen LogP contribution is 2.32. The summed E-state index contributed by atoms with van der Waals surface area (Å²) in [5, 5.41) is 0. The van der Waals surface area contributed by atoms with E-state index in [9.17, 15) is 0 Å². The normalized spacial score (nSPS) is 12.1. The third kappa shape index (κ3) is 6.77. The predicted octanol–water partition coefficient (Wildman–Crippen LogP) is 6.93. The van der Waals surface area contributed by atoms with Gasteiger partial charge >= 0.3 is 0 Å². The van der Waals surface area contributed by atoms with Crippen LogP contribution in [0.4, 0.5) is 0 Å². The monoisotopic (exact) mass is 412 g/mol. The number of benzene rings is 2. The summed E-state index contributed by atoms with van der Waals surface area (Å²) >= 11 is 0. The molecule has 0 aliphatic rings. The summed E-state index contributed by atoms with van der Waals surface area (Å²) in [6.45, 7) is 15.7. The first kappa shape index (κ1) is 24.3. The van der Waals surface area contributed by atoms with E-state index in [-0.39, 0.29) is 10.8 Å². The Kier molecular flexibility index (Phi) is 9.23. The molecule has 0 heterocycles. The van der Waals surface area contributed by atoms with Crippen molar-refractivity contribution in [2.24, 2.45) is 0 Å². The quantitative estimate of drug-likeness (QED) is 0.334. The topological polar surface area (TPSA) is 27.7 Å². The van der Waals surface area contributed by atoms with Crippen molar-refractivity contribution < 1.29 is 14.2 Å². The molecular weight excluding hydrogens is 372 g/mol. The lowest BCUT2D eigenvalue weighted by molar-refractivity contribution is 0.0764. The maximum atomic E-state index is 5.80. The van der Waals surface area contributed by atoms with Gasteiger partial charge in [0.15, 0.2) is 0 Å².